The van der Waals surface area contributed by atoms with Crippen LogP contribution in [0.3, 0.4) is 0 Å². The molecule has 0 spiro atoms. The standard InChI is InChI=1S/C18H23NO4/c20-17(22-13-15-8-4-1-2-5-9-15)12-19-18(21)23-14-16-10-6-3-7-11-16/h3,6-8,10-11H,1-2,4-5,9,12-14H2,(H,19,21). The summed E-state index contributed by atoms with van der Waals surface area (Å²) in [6, 6.07) is 9.36. The molecule has 5 heteroatoms. The Morgan fingerprint density at radius 1 is 1.00 bits per heavy atom. The summed E-state index contributed by atoms with van der Waals surface area (Å²) < 4.78 is 10.2. The number of carbonyl (C=O) groups is 2. The lowest BCUT2D eigenvalue weighted by molar-refractivity contribution is -0.141. The first kappa shape index (κ1) is 17.1. The van der Waals surface area contributed by atoms with Crippen molar-refractivity contribution in [1.29, 1.82) is 0 Å². The third kappa shape index (κ3) is 7.00. The number of rotatable bonds is 6. The third-order valence-corrected chi connectivity index (χ3v) is 3.64. The van der Waals surface area contributed by atoms with Crippen LogP contribution in [0.4, 0.5) is 4.79 Å². The fraction of sp³-hybridized carbons (Fsp3) is 0.444. The zero-order chi connectivity index (χ0) is 16.3. The quantitative estimate of drug-likeness (QED) is 0.645. The van der Waals surface area contributed by atoms with Crippen LogP contribution in [0, 0.1) is 0 Å². The van der Waals surface area contributed by atoms with E-state index in [0.717, 1.165) is 24.8 Å². The van der Waals surface area contributed by atoms with Gasteiger partial charge in [-0.1, -0.05) is 42.8 Å². The van der Waals surface area contributed by atoms with Gasteiger partial charge in [-0.25, -0.2) is 4.79 Å². The SMILES string of the molecule is O=C(CNC(=O)OCc1ccccc1)OCC1=CCCCCC1. The topological polar surface area (TPSA) is 64.6 Å². The van der Waals surface area contributed by atoms with Crippen LogP contribution in [-0.4, -0.2) is 25.2 Å². The summed E-state index contributed by atoms with van der Waals surface area (Å²) in [6.45, 7) is 0.315. The Bertz CT molecular complexity index is 539. The molecular weight excluding hydrogens is 294 g/mol. The maximum atomic E-state index is 11.6. The smallest absolute Gasteiger partial charge is 0.407 e. The number of carbonyl (C=O) groups excluding carboxylic acids is 2. The third-order valence-electron chi connectivity index (χ3n) is 3.64. The number of hydrogen-bond acceptors (Lipinski definition) is 4. The predicted molar refractivity (Wildman–Crippen MR) is 86.8 cm³/mol. The summed E-state index contributed by atoms with van der Waals surface area (Å²) in [5.41, 5.74) is 2.06. The van der Waals surface area contributed by atoms with Crippen molar-refractivity contribution in [1.82, 2.24) is 5.32 Å². The number of allylic oxidation sites excluding steroid dienone is 1. The molecule has 23 heavy (non-hydrogen) atoms. The number of esters is 1. The van der Waals surface area contributed by atoms with E-state index in [2.05, 4.69) is 11.4 Å². The average Bonchev–Trinajstić information content (AvgIpc) is 2.86. The van der Waals surface area contributed by atoms with Gasteiger partial charge in [-0.3, -0.25) is 4.79 Å². The second-order valence-corrected chi connectivity index (χ2v) is 5.54. The highest BCUT2D eigenvalue weighted by Crippen LogP contribution is 2.17. The molecular formula is C18H23NO4. The molecule has 1 aliphatic carbocycles. The van der Waals surface area contributed by atoms with Crippen molar-refractivity contribution in [2.75, 3.05) is 13.2 Å². The van der Waals surface area contributed by atoms with Gasteiger partial charge in [0.15, 0.2) is 0 Å². The second kappa shape index (κ2) is 9.66. The van der Waals surface area contributed by atoms with Crippen molar-refractivity contribution in [2.45, 2.75) is 38.7 Å². The Balaban J connectivity index is 1.60. The first-order valence-electron chi connectivity index (χ1n) is 8.02. The molecule has 1 amide bonds. The van der Waals surface area contributed by atoms with Crippen molar-refractivity contribution in [3.8, 4) is 0 Å². The van der Waals surface area contributed by atoms with Crippen LogP contribution in [-0.2, 0) is 20.9 Å². The fourth-order valence-corrected chi connectivity index (χ4v) is 2.36. The van der Waals surface area contributed by atoms with E-state index in [0.29, 0.717) is 6.61 Å². The summed E-state index contributed by atoms with van der Waals surface area (Å²) in [5.74, 6) is -0.452. The summed E-state index contributed by atoms with van der Waals surface area (Å²) in [4.78, 5) is 23.2. The van der Waals surface area contributed by atoms with Gasteiger partial charge in [0, 0.05) is 0 Å². The van der Waals surface area contributed by atoms with Crippen molar-refractivity contribution in [3.63, 3.8) is 0 Å². The first-order valence-corrected chi connectivity index (χ1v) is 8.02. The summed E-state index contributed by atoms with van der Waals surface area (Å²) in [5, 5.41) is 2.40. The van der Waals surface area contributed by atoms with Gasteiger partial charge in [0.25, 0.3) is 0 Å². The Labute approximate surface area is 136 Å². The fourth-order valence-electron chi connectivity index (χ4n) is 2.36. The molecule has 1 aromatic carbocycles. The number of amides is 1. The summed E-state index contributed by atoms with van der Waals surface area (Å²) in [7, 11) is 0. The zero-order valence-electron chi connectivity index (χ0n) is 13.3. The Morgan fingerprint density at radius 3 is 2.65 bits per heavy atom. The number of benzene rings is 1. The van der Waals surface area contributed by atoms with Gasteiger partial charge in [0.05, 0.1) is 0 Å². The molecule has 0 radical (unpaired) electrons. The van der Waals surface area contributed by atoms with Crippen molar-refractivity contribution in [2.24, 2.45) is 0 Å². The number of ether oxygens (including phenoxy) is 2. The molecule has 1 aliphatic rings. The van der Waals surface area contributed by atoms with Crippen LogP contribution >= 0.6 is 0 Å². The molecule has 124 valence electrons. The van der Waals surface area contributed by atoms with E-state index in [-0.39, 0.29) is 13.2 Å². The molecule has 2 rings (SSSR count). The average molecular weight is 317 g/mol. The van der Waals surface area contributed by atoms with Crippen LogP contribution < -0.4 is 5.32 Å². The van der Waals surface area contributed by atoms with Gasteiger partial charge < -0.3 is 14.8 Å². The molecule has 0 aromatic heterocycles. The van der Waals surface area contributed by atoms with Gasteiger partial charge >= 0.3 is 12.1 Å². The maximum Gasteiger partial charge on any atom is 0.407 e. The molecule has 0 fully saturated rings. The minimum Gasteiger partial charge on any atom is -0.460 e. The molecule has 0 unspecified atom stereocenters. The van der Waals surface area contributed by atoms with Gasteiger partial charge in [-0.15, -0.1) is 0 Å². The minimum absolute atomic E-state index is 0.175. The molecule has 0 bridgehead atoms. The highest BCUT2D eigenvalue weighted by Gasteiger charge is 2.09. The van der Waals surface area contributed by atoms with Crippen LogP contribution in [0.1, 0.15) is 37.7 Å². The van der Waals surface area contributed by atoms with E-state index < -0.39 is 12.1 Å². The van der Waals surface area contributed by atoms with E-state index in [1.165, 1.54) is 18.4 Å². The molecule has 0 saturated carbocycles. The molecule has 0 atom stereocenters. The van der Waals surface area contributed by atoms with E-state index in [1.54, 1.807) is 0 Å². The summed E-state index contributed by atoms with van der Waals surface area (Å²) >= 11 is 0. The molecule has 1 aromatic rings. The van der Waals surface area contributed by atoms with Gasteiger partial charge in [-0.05, 0) is 36.8 Å². The number of alkyl carbamates (subject to hydrolysis) is 1. The highest BCUT2D eigenvalue weighted by molar-refractivity contribution is 5.77. The van der Waals surface area contributed by atoms with Crippen LogP contribution in [0.25, 0.3) is 0 Å². The molecule has 0 aliphatic heterocycles. The summed E-state index contributed by atoms with van der Waals surface area (Å²) in [6.07, 6.45) is 7.14. The predicted octanol–water partition coefficient (Wildman–Crippen LogP) is 3.35. The lowest BCUT2D eigenvalue weighted by atomic mass is 10.1. The lowest BCUT2D eigenvalue weighted by Gasteiger charge is -2.09. The first-order chi connectivity index (χ1) is 11.2. The largest absolute Gasteiger partial charge is 0.460 e. The molecule has 0 heterocycles. The van der Waals surface area contributed by atoms with E-state index >= 15 is 0 Å². The van der Waals surface area contributed by atoms with Crippen LogP contribution in [0.15, 0.2) is 42.0 Å². The highest BCUT2D eigenvalue weighted by atomic mass is 16.6. The number of hydrogen-bond donors (Lipinski definition) is 1. The molecule has 0 saturated heterocycles. The van der Waals surface area contributed by atoms with Crippen LogP contribution in [0.2, 0.25) is 0 Å². The van der Waals surface area contributed by atoms with Crippen molar-refractivity contribution in [3.05, 3.63) is 47.5 Å². The van der Waals surface area contributed by atoms with E-state index in [9.17, 15) is 9.59 Å². The van der Waals surface area contributed by atoms with Gasteiger partial charge in [0.2, 0.25) is 0 Å². The Kier molecular flexibility index (Phi) is 7.17. The second-order valence-electron chi connectivity index (χ2n) is 5.54. The van der Waals surface area contributed by atoms with Gasteiger partial charge in [-0.2, -0.15) is 0 Å². The van der Waals surface area contributed by atoms with E-state index in [1.807, 2.05) is 30.3 Å². The zero-order valence-corrected chi connectivity index (χ0v) is 13.3. The monoisotopic (exact) mass is 317 g/mol. The number of nitrogens with one attached hydrogen (secondary N) is 1. The lowest BCUT2D eigenvalue weighted by Crippen LogP contribution is -2.31. The maximum absolute atomic E-state index is 11.6. The van der Waals surface area contributed by atoms with Crippen molar-refractivity contribution < 1.29 is 19.1 Å². The Hall–Kier alpha value is -2.30. The molecule has 5 nitrogen and oxygen atoms in total. The van der Waals surface area contributed by atoms with Crippen molar-refractivity contribution >= 4 is 12.1 Å². The minimum atomic E-state index is -0.625. The van der Waals surface area contributed by atoms with E-state index in [4.69, 9.17) is 9.47 Å². The molecule has 1 N–H and O–H groups in total. The Morgan fingerprint density at radius 2 is 1.83 bits per heavy atom. The van der Waals surface area contributed by atoms with Crippen LogP contribution in [0.5, 0.6) is 0 Å². The van der Waals surface area contributed by atoms with Gasteiger partial charge in [0.1, 0.15) is 19.8 Å². The normalized spacial score (nSPS) is 14.3.